The summed E-state index contributed by atoms with van der Waals surface area (Å²) in [5.74, 6) is 0.950. The highest BCUT2D eigenvalue weighted by Crippen LogP contribution is 2.38. The predicted octanol–water partition coefficient (Wildman–Crippen LogP) is 5.71. The van der Waals surface area contributed by atoms with Crippen LogP contribution >= 0.6 is 0 Å². The molecule has 0 aliphatic heterocycles. The topological polar surface area (TPSA) is 87.4 Å². The first kappa shape index (κ1) is 19.3. The Balaban J connectivity index is 1.94. The number of hydrogen-bond donors (Lipinski definition) is 0. The van der Waals surface area contributed by atoms with Crippen LogP contribution in [0.2, 0.25) is 0 Å². The SMILES string of the molecule is Cc1cc(C)cc(Oc2ncnc(Oc3ccc(C(C)C)cc3)c2[N+](=O)[O-])c1. The van der Waals surface area contributed by atoms with Gasteiger partial charge in [-0.1, -0.05) is 32.0 Å². The summed E-state index contributed by atoms with van der Waals surface area (Å²) >= 11 is 0. The van der Waals surface area contributed by atoms with Crippen LogP contribution in [-0.4, -0.2) is 14.9 Å². The van der Waals surface area contributed by atoms with E-state index in [4.69, 9.17) is 9.47 Å². The lowest BCUT2D eigenvalue weighted by Gasteiger charge is -2.10. The van der Waals surface area contributed by atoms with Crippen LogP contribution in [0.4, 0.5) is 5.69 Å². The largest absolute Gasteiger partial charge is 0.433 e. The second kappa shape index (κ2) is 8.04. The summed E-state index contributed by atoms with van der Waals surface area (Å²) in [7, 11) is 0. The summed E-state index contributed by atoms with van der Waals surface area (Å²) in [5, 5.41) is 11.7. The number of aromatic nitrogens is 2. The molecular weight excluding hydrogens is 358 g/mol. The van der Waals surface area contributed by atoms with Gasteiger partial charge in [0.2, 0.25) is 0 Å². The highest BCUT2D eigenvalue weighted by molar-refractivity contribution is 5.52. The molecule has 0 atom stereocenters. The summed E-state index contributed by atoms with van der Waals surface area (Å²) in [4.78, 5) is 18.9. The van der Waals surface area contributed by atoms with Gasteiger partial charge in [-0.3, -0.25) is 10.1 Å². The highest BCUT2D eigenvalue weighted by Gasteiger charge is 2.27. The van der Waals surface area contributed by atoms with Gasteiger partial charge in [-0.15, -0.1) is 0 Å². The number of nitro groups is 1. The summed E-state index contributed by atoms with van der Waals surface area (Å²) in [6.45, 7) is 8.01. The number of rotatable bonds is 6. The number of ether oxygens (including phenoxy) is 2. The molecule has 0 spiro atoms. The van der Waals surface area contributed by atoms with Gasteiger partial charge in [0.15, 0.2) is 0 Å². The molecule has 0 fully saturated rings. The van der Waals surface area contributed by atoms with Crippen LogP contribution in [0, 0.1) is 24.0 Å². The smallest absolute Gasteiger partial charge is 0.393 e. The van der Waals surface area contributed by atoms with Crippen LogP contribution < -0.4 is 9.47 Å². The van der Waals surface area contributed by atoms with E-state index in [0.29, 0.717) is 17.4 Å². The van der Waals surface area contributed by atoms with Gasteiger partial charge < -0.3 is 9.47 Å². The summed E-state index contributed by atoms with van der Waals surface area (Å²) in [5.41, 5.74) is 2.68. The monoisotopic (exact) mass is 379 g/mol. The van der Waals surface area contributed by atoms with Crippen molar-refractivity contribution in [1.29, 1.82) is 0 Å². The van der Waals surface area contributed by atoms with Gasteiger partial charge in [0.25, 0.3) is 0 Å². The normalized spacial score (nSPS) is 10.8. The third-order valence-electron chi connectivity index (χ3n) is 4.11. The Morgan fingerprint density at radius 2 is 1.43 bits per heavy atom. The Morgan fingerprint density at radius 1 is 0.893 bits per heavy atom. The number of nitrogens with zero attached hydrogens (tertiary/aromatic N) is 3. The van der Waals surface area contributed by atoms with Gasteiger partial charge in [0.05, 0.1) is 4.92 Å². The van der Waals surface area contributed by atoms with Crippen molar-refractivity contribution in [2.24, 2.45) is 0 Å². The van der Waals surface area contributed by atoms with Crippen LogP contribution in [0.15, 0.2) is 48.8 Å². The lowest BCUT2D eigenvalue weighted by Crippen LogP contribution is -2.01. The molecule has 0 aliphatic carbocycles. The third-order valence-corrected chi connectivity index (χ3v) is 4.11. The Morgan fingerprint density at radius 3 is 1.93 bits per heavy atom. The van der Waals surface area contributed by atoms with Gasteiger partial charge in [-0.2, -0.15) is 9.97 Å². The first-order valence-corrected chi connectivity index (χ1v) is 8.87. The van der Waals surface area contributed by atoms with Gasteiger partial charge >= 0.3 is 17.4 Å². The molecule has 0 amide bonds. The first-order chi connectivity index (χ1) is 13.3. The zero-order valence-corrected chi connectivity index (χ0v) is 16.2. The first-order valence-electron chi connectivity index (χ1n) is 8.87. The van der Waals surface area contributed by atoms with E-state index in [1.54, 1.807) is 24.3 Å². The average molecular weight is 379 g/mol. The molecule has 0 saturated carbocycles. The number of aryl methyl sites for hydroxylation is 2. The maximum absolute atomic E-state index is 11.7. The summed E-state index contributed by atoms with van der Waals surface area (Å²) in [6.07, 6.45) is 1.18. The molecule has 1 aromatic heterocycles. The lowest BCUT2D eigenvalue weighted by molar-refractivity contribution is -0.387. The minimum absolute atomic E-state index is 0.168. The molecule has 1 heterocycles. The second-order valence-corrected chi connectivity index (χ2v) is 6.84. The molecule has 0 N–H and O–H groups in total. The van der Waals surface area contributed by atoms with Gasteiger partial charge in [0, 0.05) is 0 Å². The van der Waals surface area contributed by atoms with E-state index in [1.165, 1.54) is 6.33 Å². The molecule has 3 aromatic rings. The standard InChI is InChI=1S/C21H21N3O4/c1-13(2)16-5-7-17(8-6-16)27-20-19(24(25)26)21(23-12-22-20)28-18-10-14(3)9-15(4)11-18/h5-13H,1-4H3. The summed E-state index contributed by atoms with van der Waals surface area (Å²) < 4.78 is 11.3. The second-order valence-electron chi connectivity index (χ2n) is 6.84. The fourth-order valence-electron chi connectivity index (χ4n) is 2.79. The van der Waals surface area contributed by atoms with Crippen LogP contribution in [0.5, 0.6) is 23.3 Å². The van der Waals surface area contributed by atoms with E-state index in [0.717, 1.165) is 16.7 Å². The van der Waals surface area contributed by atoms with Crippen LogP contribution in [0.3, 0.4) is 0 Å². The fraction of sp³-hybridized carbons (Fsp3) is 0.238. The lowest BCUT2D eigenvalue weighted by atomic mass is 10.0. The molecule has 0 unspecified atom stereocenters. The van der Waals surface area contributed by atoms with Crippen molar-refractivity contribution in [3.05, 3.63) is 75.6 Å². The Bertz CT molecular complexity index is 981. The minimum Gasteiger partial charge on any atom is -0.433 e. The molecular formula is C21H21N3O4. The third kappa shape index (κ3) is 4.43. The number of benzene rings is 2. The minimum atomic E-state index is -0.601. The van der Waals surface area contributed by atoms with E-state index >= 15 is 0 Å². The van der Waals surface area contributed by atoms with Crippen LogP contribution in [0.25, 0.3) is 0 Å². The highest BCUT2D eigenvalue weighted by atomic mass is 16.6. The van der Waals surface area contributed by atoms with E-state index in [2.05, 4.69) is 23.8 Å². The Hall–Kier alpha value is -3.48. The maximum Gasteiger partial charge on any atom is 0.393 e. The Kier molecular flexibility index (Phi) is 5.54. The van der Waals surface area contributed by atoms with E-state index < -0.39 is 10.6 Å². The van der Waals surface area contributed by atoms with Gasteiger partial charge in [0.1, 0.15) is 17.8 Å². The van der Waals surface area contributed by atoms with Crippen molar-refractivity contribution in [3.8, 4) is 23.3 Å². The molecule has 28 heavy (non-hydrogen) atoms. The number of hydrogen-bond acceptors (Lipinski definition) is 6. The van der Waals surface area contributed by atoms with Crippen molar-refractivity contribution in [2.75, 3.05) is 0 Å². The molecule has 3 rings (SSSR count). The Labute approximate surface area is 163 Å². The van der Waals surface area contributed by atoms with Crippen molar-refractivity contribution < 1.29 is 14.4 Å². The van der Waals surface area contributed by atoms with E-state index in [9.17, 15) is 10.1 Å². The molecule has 0 radical (unpaired) electrons. The molecule has 0 saturated heterocycles. The van der Waals surface area contributed by atoms with E-state index in [1.807, 2.05) is 32.0 Å². The zero-order chi connectivity index (χ0) is 20.3. The van der Waals surface area contributed by atoms with E-state index in [-0.39, 0.29) is 11.8 Å². The summed E-state index contributed by atoms with van der Waals surface area (Å²) in [6, 6.07) is 12.9. The van der Waals surface area contributed by atoms with Crippen LogP contribution in [-0.2, 0) is 0 Å². The molecule has 0 bridgehead atoms. The van der Waals surface area contributed by atoms with Crippen LogP contribution in [0.1, 0.15) is 36.5 Å². The van der Waals surface area contributed by atoms with Crippen molar-refractivity contribution in [2.45, 2.75) is 33.6 Å². The van der Waals surface area contributed by atoms with Gasteiger partial charge in [-0.05, 0) is 60.7 Å². The van der Waals surface area contributed by atoms with Gasteiger partial charge in [-0.25, -0.2) is 0 Å². The fourth-order valence-corrected chi connectivity index (χ4v) is 2.79. The molecule has 2 aromatic carbocycles. The molecule has 144 valence electrons. The van der Waals surface area contributed by atoms with Crippen molar-refractivity contribution in [1.82, 2.24) is 9.97 Å². The zero-order valence-electron chi connectivity index (χ0n) is 16.2. The van der Waals surface area contributed by atoms with Crippen molar-refractivity contribution in [3.63, 3.8) is 0 Å². The molecule has 7 nitrogen and oxygen atoms in total. The maximum atomic E-state index is 11.7. The quantitative estimate of drug-likeness (QED) is 0.403. The molecule has 7 heteroatoms. The average Bonchev–Trinajstić information content (AvgIpc) is 2.61. The predicted molar refractivity (Wildman–Crippen MR) is 105 cm³/mol. The van der Waals surface area contributed by atoms with Crippen molar-refractivity contribution >= 4 is 5.69 Å². The molecule has 0 aliphatic rings.